The summed E-state index contributed by atoms with van der Waals surface area (Å²) >= 11 is 1.61. The number of nitrogens with one attached hydrogen (secondary N) is 1. The van der Waals surface area contributed by atoms with Gasteiger partial charge in [0.1, 0.15) is 0 Å². The number of sulfonamides is 1. The van der Waals surface area contributed by atoms with Crippen LogP contribution in [0.15, 0.2) is 58.8 Å². The van der Waals surface area contributed by atoms with Gasteiger partial charge in [0.15, 0.2) is 0 Å². The predicted molar refractivity (Wildman–Crippen MR) is 127 cm³/mol. The molecule has 1 saturated heterocycles. The third-order valence-electron chi connectivity index (χ3n) is 5.44. The molecular weight excluding hydrogens is 444 g/mol. The van der Waals surface area contributed by atoms with E-state index in [1.165, 1.54) is 4.31 Å². The van der Waals surface area contributed by atoms with Gasteiger partial charge >= 0.3 is 0 Å². The highest BCUT2D eigenvalue weighted by molar-refractivity contribution is 7.89. The fourth-order valence-electron chi connectivity index (χ4n) is 3.61. The first-order valence-corrected chi connectivity index (χ1v) is 12.7. The summed E-state index contributed by atoms with van der Waals surface area (Å²) in [4.78, 5) is 19.2. The Bertz CT molecular complexity index is 1180. The summed E-state index contributed by atoms with van der Waals surface area (Å²) in [7, 11) is -3.50. The van der Waals surface area contributed by atoms with E-state index < -0.39 is 10.0 Å². The Hall–Kier alpha value is -2.59. The number of rotatable bonds is 6. The van der Waals surface area contributed by atoms with Crippen molar-refractivity contribution in [3.05, 3.63) is 64.5 Å². The molecule has 1 N–H and O–H groups in total. The van der Waals surface area contributed by atoms with Gasteiger partial charge in [-0.15, -0.1) is 11.3 Å². The van der Waals surface area contributed by atoms with E-state index in [0.717, 1.165) is 27.5 Å². The molecule has 0 radical (unpaired) electrons. The van der Waals surface area contributed by atoms with E-state index in [1.54, 1.807) is 35.6 Å². The van der Waals surface area contributed by atoms with Crippen LogP contribution in [-0.4, -0.2) is 61.2 Å². The van der Waals surface area contributed by atoms with Crippen LogP contribution in [0.5, 0.6) is 0 Å². The molecule has 1 aliphatic rings. The maximum absolute atomic E-state index is 12.8. The van der Waals surface area contributed by atoms with Crippen LogP contribution in [0.4, 0.5) is 5.69 Å². The molecule has 7 nitrogen and oxygen atoms in total. The topological polar surface area (TPSA) is 82.6 Å². The number of carbonyl (C=O) groups is 1. The molecule has 0 aliphatic carbocycles. The van der Waals surface area contributed by atoms with Crippen molar-refractivity contribution in [3.8, 4) is 11.3 Å². The molecule has 0 unspecified atom stereocenters. The summed E-state index contributed by atoms with van der Waals surface area (Å²) in [5.74, 6) is -0.114. The van der Waals surface area contributed by atoms with Crippen LogP contribution in [0, 0.1) is 13.8 Å². The standard InChI is InChI=1S/C23H26N4O3S2/c1-17-3-9-21(10-4-17)32(29,30)27-13-11-26(12-14-27)15-23(28)25-20-7-5-19(6-8-20)22-16-31-18(2)24-22/h3-10,16H,11-15H2,1-2H3,(H,25,28). The van der Waals surface area contributed by atoms with Crippen molar-refractivity contribution >= 4 is 33.0 Å². The van der Waals surface area contributed by atoms with E-state index in [4.69, 9.17) is 0 Å². The minimum atomic E-state index is -3.50. The fraction of sp³-hybridized carbons (Fsp3) is 0.304. The average molecular weight is 471 g/mol. The minimum absolute atomic E-state index is 0.114. The van der Waals surface area contributed by atoms with Gasteiger partial charge in [-0.3, -0.25) is 9.69 Å². The monoisotopic (exact) mass is 470 g/mol. The smallest absolute Gasteiger partial charge is 0.243 e. The lowest BCUT2D eigenvalue weighted by atomic mass is 10.1. The Labute approximate surface area is 192 Å². The Morgan fingerprint density at radius 2 is 1.66 bits per heavy atom. The van der Waals surface area contributed by atoms with Gasteiger partial charge in [-0.05, 0) is 38.1 Å². The van der Waals surface area contributed by atoms with Gasteiger partial charge in [0.05, 0.1) is 22.1 Å². The van der Waals surface area contributed by atoms with Crippen LogP contribution >= 0.6 is 11.3 Å². The highest BCUT2D eigenvalue weighted by atomic mass is 32.2. The van der Waals surface area contributed by atoms with Crippen LogP contribution < -0.4 is 5.32 Å². The predicted octanol–water partition coefficient (Wildman–Crippen LogP) is 3.37. The zero-order valence-corrected chi connectivity index (χ0v) is 19.7. The van der Waals surface area contributed by atoms with Crippen LogP contribution in [0.1, 0.15) is 10.6 Å². The van der Waals surface area contributed by atoms with Gasteiger partial charge < -0.3 is 5.32 Å². The molecular formula is C23H26N4O3S2. The second-order valence-corrected chi connectivity index (χ2v) is 10.9. The number of amides is 1. The van der Waals surface area contributed by atoms with Crippen molar-refractivity contribution in [2.75, 3.05) is 38.0 Å². The zero-order chi connectivity index (χ0) is 22.7. The highest BCUT2D eigenvalue weighted by Gasteiger charge is 2.29. The second-order valence-electron chi connectivity index (χ2n) is 7.87. The molecule has 1 fully saturated rings. The van der Waals surface area contributed by atoms with Gasteiger partial charge in [-0.25, -0.2) is 13.4 Å². The molecule has 0 bridgehead atoms. The van der Waals surface area contributed by atoms with E-state index in [2.05, 4.69) is 10.3 Å². The summed E-state index contributed by atoms with van der Waals surface area (Å²) < 4.78 is 27.1. The normalized spacial score (nSPS) is 15.6. The van der Waals surface area contributed by atoms with E-state index in [-0.39, 0.29) is 12.5 Å². The van der Waals surface area contributed by atoms with Crippen molar-refractivity contribution in [3.63, 3.8) is 0 Å². The molecule has 2 aromatic carbocycles. The van der Waals surface area contributed by atoms with Gasteiger partial charge in [0, 0.05) is 42.8 Å². The number of piperazine rings is 1. The Kier molecular flexibility index (Phi) is 6.71. The SMILES string of the molecule is Cc1ccc(S(=O)(=O)N2CCN(CC(=O)Nc3ccc(-c4csc(C)n4)cc3)CC2)cc1. The summed E-state index contributed by atoms with van der Waals surface area (Å²) in [5, 5.41) is 5.95. The van der Waals surface area contributed by atoms with Crippen molar-refractivity contribution in [1.29, 1.82) is 0 Å². The Balaban J connectivity index is 1.28. The molecule has 9 heteroatoms. The van der Waals surface area contributed by atoms with Gasteiger partial charge in [0.25, 0.3) is 0 Å². The number of aromatic nitrogens is 1. The molecule has 0 atom stereocenters. The maximum atomic E-state index is 12.8. The molecule has 2 heterocycles. The summed E-state index contributed by atoms with van der Waals surface area (Å²) in [6.07, 6.45) is 0. The first kappa shape index (κ1) is 22.6. The number of aryl methyl sites for hydroxylation is 2. The first-order chi connectivity index (χ1) is 15.3. The van der Waals surface area contributed by atoms with Gasteiger partial charge in [-0.2, -0.15) is 4.31 Å². The molecule has 1 amide bonds. The number of nitrogens with zero attached hydrogens (tertiary/aromatic N) is 3. The number of hydrogen-bond acceptors (Lipinski definition) is 6. The van der Waals surface area contributed by atoms with E-state index >= 15 is 0 Å². The first-order valence-electron chi connectivity index (χ1n) is 10.4. The lowest BCUT2D eigenvalue weighted by molar-refractivity contribution is -0.117. The number of anilines is 1. The zero-order valence-electron chi connectivity index (χ0n) is 18.1. The maximum Gasteiger partial charge on any atom is 0.243 e. The minimum Gasteiger partial charge on any atom is -0.325 e. The molecule has 0 spiro atoms. The van der Waals surface area contributed by atoms with Gasteiger partial charge in [-0.1, -0.05) is 29.8 Å². The Morgan fingerprint density at radius 1 is 1.00 bits per heavy atom. The van der Waals surface area contributed by atoms with Crippen LogP contribution in [0.25, 0.3) is 11.3 Å². The molecule has 32 heavy (non-hydrogen) atoms. The molecule has 168 valence electrons. The number of benzene rings is 2. The van der Waals surface area contributed by atoms with Crippen molar-refractivity contribution in [2.45, 2.75) is 18.7 Å². The molecule has 1 aliphatic heterocycles. The highest BCUT2D eigenvalue weighted by Crippen LogP contribution is 2.23. The van der Waals surface area contributed by atoms with E-state index in [1.807, 2.05) is 48.4 Å². The fourth-order valence-corrected chi connectivity index (χ4v) is 5.66. The third-order valence-corrected chi connectivity index (χ3v) is 8.13. The van der Waals surface area contributed by atoms with Crippen molar-refractivity contribution in [2.24, 2.45) is 0 Å². The number of hydrogen-bond donors (Lipinski definition) is 1. The molecule has 4 rings (SSSR count). The largest absolute Gasteiger partial charge is 0.325 e. The summed E-state index contributed by atoms with van der Waals surface area (Å²) in [6.45, 7) is 5.89. The second kappa shape index (κ2) is 9.50. The average Bonchev–Trinajstić information content (AvgIpc) is 3.21. The van der Waals surface area contributed by atoms with Crippen LogP contribution in [0.2, 0.25) is 0 Å². The lowest BCUT2D eigenvalue weighted by Gasteiger charge is -2.33. The van der Waals surface area contributed by atoms with E-state index in [9.17, 15) is 13.2 Å². The number of thiazole rings is 1. The molecule has 3 aromatic rings. The molecule has 0 saturated carbocycles. The summed E-state index contributed by atoms with van der Waals surface area (Å²) in [5.41, 5.74) is 3.70. The quantitative estimate of drug-likeness (QED) is 0.597. The van der Waals surface area contributed by atoms with Crippen LogP contribution in [-0.2, 0) is 14.8 Å². The third kappa shape index (κ3) is 5.24. The lowest BCUT2D eigenvalue weighted by Crippen LogP contribution is -2.50. The van der Waals surface area contributed by atoms with E-state index in [0.29, 0.717) is 31.1 Å². The molecule has 1 aromatic heterocycles. The Morgan fingerprint density at radius 3 is 2.25 bits per heavy atom. The van der Waals surface area contributed by atoms with Gasteiger partial charge in [0.2, 0.25) is 15.9 Å². The summed E-state index contributed by atoms with van der Waals surface area (Å²) in [6, 6.07) is 14.5. The van der Waals surface area contributed by atoms with Crippen molar-refractivity contribution < 1.29 is 13.2 Å². The van der Waals surface area contributed by atoms with Crippen LogP contribution in [0.3, 0.4) is 0 Å². The number of carbonyl (C=O) groups excluding carboxylic acids is 1. The van der Waals surface area contributed by atoms with Crippen molar-refractivity contribution in [1.82, 2.24) is 14.2 Å².